The summed E-state index contributed by atoms with van der Waals surface area (Å²) in [6.45, 7) is 0. The fourth-order valence-electron chi connectivity index (χ4n) is 2.14. The Kier molecular flexibility index (Phi) is 5.26. The Balaban J connectivity index is 1.78. The number of aromatic nitrogens is 4. The first kappa shape index (κ1) is 18.6. The maximum absolute atomic E-state index is 12.3. The van der Waals surface area contributed by atoms with E-state index in [2.05, 4.69) is 15.5 Å². The molecule has 0 aliphatic carbocycles. The average molecular weight is 389 g/mol. The lowest BCUT2D eigenvalue weighted by Crippen LogP contribution is -2.26. The minimum absolute atomic E-state index is 0.0877. The number of rotatable bonds is 6. The topological polar surface area (TPSA) is 117 Å². The van der Waals surface area contributed by atoms with Crippen molar-refractivity contribution in [3.05, 3.63) is 60.4 Å². The van der Waals surface area contributed by atoms with Gasteiger partial charge in [-0.25, -0.2) is 17.9 Å². The summed E-state index contributed by atoms with van der Waals surface area (Å²) >= 11 is 0. The van der Waals surface area contributed by atoms with Crippen LogP contribution in [0.3, 0.4) is 0 Å². The molecule has 0 atom stereocenters. The van der Waals surface area contributed by atoms with Crippen LogP contribution in [0.15, 0.2) is 59.8 Å². The summed E-state index contributed by atoms with van der Waals surface area (Å²) < 4.78 is 32.0. The van der Waals surface area contributed by atoms with E-state index in [1.165, 1.54) is 49.4 Å². The Morgan fingerprint density at radius 1 is 1.15 bits per heavy atom. The van der Waals surface area contributed by atoms with E-state index >= 15 is 0 Å². The van der Waals surface area contributed by atoms with Crippen molar-refractivity contribution >= 4 is 16.0 Å². The molecule has 0 aliphatic heterocycles. The molecule has 0 saturated carbocycles. The SMILES string of the molecule is CON(C)S(=O)(=O)c1cccc(C(=O)Oc2ccc(-n3cnnn3)cc2)c1. The van der Waals surface area contributed by atoms with Gasteiger partial charge in [0.2, 0.25) is 0 Å². The second-order valence-electron chi connectivity index (χ2n) is 5.26. The highest BCUT2D eigenvalue weighted by molar-refractivity contribution is 7.89. The minimum atomic E-state index is -3.87. The lowest BCUT2D eigenvalue weighted by atomic mass is 10.2. The maximum atomic E-state index is 12.3. The molecule has 0 N–H and O–H groups in total. The number of hydrogen-bond donors (Lipinski definition) is 0. The number of ether oxygens (including phenoxy) is 1. The summed E-state index contributed by atoms with van der Waals surface area (Å²) in [5.74, 6) is -0.401. The zero-order chi connectivity index (χ0) is 19.4. The van der Waals surface area contributed by atoms with Crippen LogP contribution >= 0.6 is 0 Å². The Labute approximate surface area is 154 Å². The van der Waals surface area contributed by atoms with Crippen molar-refractivity contribution in [2.75, 3.05) is 14.2 Å². The van der Waals surface area contributed by atoms with E-state index in [-0.39, 0.29) is 10.5 Å². The van der Waals surface area contributed by atoms with Gasteiger partial charge in [0.25, 0.3) is 10.0 Å². The fraction of sp³-hybridized carbons (Fsp3) is 0.125. The van der Waals surface area contributed by atoms with Crippen LogP contribution in [-0.2, 0) is 14.9 Å². The van der Waals surface area contributed by atoms with E-state index in [1.807, 2.05) is 0 Å². The van der Waals surface area contributed by atoms with Gasteiger partial charge in [-0.1, -0.05) is 10.5 Å². The third-order valence-corrected chi connectivity index (χ3v) is 5.30. The van der Waals surface area contributed by atoms with Crippen molar-refractivity contribution < 1.29 is 22.8 Å². The second-order valence-corrected chi connectivity index (χ2v) is 7.20. The van der Waals surface area contributed by atoms with Gasteiger partial charge in [0.1, 0.15) is 12.1 Å². The van der Waals surface area contributed by atoms with Crippen LogP contribution in [0.1, 0.15) is 10.4 Å². The number of tetrazole rings is 1. The van der Waals surface area contributed by atoms with Crippen LogP contribution in [0.4, 0.5) is 0 Å². The molecule has 11 heteroatoms. The van der Waals surface area contributed by atoms with Crippen LogP contribution in [-0.4, -0.2) is 53.2 Å². The Morgan fingerprint density at radius 3 is 2.52 bits per heavy atom. The Morgan fingerprint density at radius 2 is 1.89 bits per heavy atom. The molecule has 10 nitrogen and oxygen atoms in total. The van der Waals surface area contributed by atoms with Crippen LogP contribution < -0.4 is 4.74 Å². The fourth-order valence-corrected chi connectivity index (χ4v) is 3.16. The molecule has 0 aliphatic rings. The molecule has 0 spiro atoms. The van der Waals surface area contributed by atoms with Crippen LogP contribution in [0.5, 0.6) is 5.75 Å². The first-order valence-electron chi connectivity index (χ1n) is 7.60. The third kappa shape index (κ3) is 4.00. The zero-order valence-corrected chi connectivity index (χ0v) is 15.2. The first-order valence-corrected chi connectivity index (χ1v) is 9.04. The summed E-state index contributed by atoms with van der Waals surface area (Å²) in [6.07, 6.45) is 1.43. The van der Waals surface area contributed by atoms with E-state index < -0.39 is 16.0 Å². The molecule has 140 valence electrons. The van der Waals surface area contributed by atoms with Crippen molar-refractivity contribution in [2.24, 2.45) is 0 Å². The van der Waals surface area contributed by atoms with Crippen LogP contribution in [0.2, 0.25) is 0 Å². The van der Waals surface area contributed by atoms with Gasteiger partial charge in [0, 0.05) is 7.05 Å². The Hall–Kier alpha value is -3.15. The average Bonchev–Trinajstić information content (AvgIpc) is 3.22. The van der Waals surface area contributed by atoms with Crippen LogP contribution in [0, 0.1) is 0 Å². The number of sulfonamides is 1. The van der Waals surface area contributed by atoms with Gasteiger partial charge in [-0.2, -0.15) is 0 Å². The third-order valence-electron chi connectivity index (χ3n) is 3.62. The number of carbonyl (C=O) groups excluding carboxylic acids is 1. The number of hydrogen-bond acceptors (Lipinski definition) is 8. The smallest absolute Gasteiger partial charge is 0.343 e. The predicted molar refractivity (Wildman–Crippen MR) is 92.5 cm³/mol. The molecule has 0 unspecified atom stereocenters. The normalized spacial score (nSPS) is 11.5. The number of nitrogens with zero attached hydrogens (tertiary/aromatic N) is 5. The lowest BCUT2D eigenvalue weighted by Gasteiger charge is -2.14. The molecule has 0 amide bonds. The molecule has 27 heavy (non-hydrogen) atoms. The van der Waals surface area contributed by atoms with Gasteiger partial charge < -0.3 is 4.74 Å². The number of benzene rings is 2. The molecule has 3 rings (SSSR count). The monoisotopic (exact) mass is 389 g/mol. The summed E-state index contributed by atoms with van der Waals surface area (Å²) in [4.78, 5) is 17.0. The summed E-state index contributed by atoms with van der Waals surface area (Å²) in [5.41, 5.74) is 0.778. The molecule has 1 aromatic heterocycles. The number of carbonyl (C=O) groups is 1. The van der Waals surface area contributed by atoms with Gasteiger partial charge in [-0.15, -0.1) is 5.10 Å². The van der Waals surface area contributed by atoms with Crippen molar-refractivity contribution in [1.29, 1.82) is 0 Å². The number of esters is 1. The molecule has 0 fully saturated rings. The van der Waals surface area contributed by atoms with Gasteiger partial charge in [0.05, 0.1) is 23.3 Å². The highest BCUT2D eigenvalue weighted by Crippen LogP contribution is 2.19. The van der Waals surface area contributed by atoms with Gasteiger partial charge in [-0.05, 0) is 52.9 Å². The molecule has 1 heterocycles. The summed E-state index contributed by atoms with van der Waals surface area (Å²) in [7, 11) is -1.38. The van der Waals surface area contributed by atoms with E-state index in [4.69, 9.17) is 9.57 Å². The molecular formula is C16H15N5O5S. The standard InChI is InChI=1S/C16H15N5O5S/c1-20(25-2)27(23,24)15-5-3-4-12(10-15)16(22)26-14-8-6-13(7-9-14)21-11-17-18-19-21/h3-11H,1-2H3. The van der Waals surface area contributed by atoms with Crippen molar-refractivity contribution in [2.45, 2.75) is 4.90 Å². The van der Waals surface area contributed by atoms with E-state index in [0.29, 0.717) is 15.9 Å². The molecule has 0 bridgehead atoms. The van der Waals surface area contributed by atoms with Gasteiger partial charge in [0.15, 0.2) is 0 Å². The van der Waals surface area contributed by atoms with Crippen molar-refractivity contribution in [3.63, 3.8) is 0 Å². The molecular weight excluding hydrogens is 374 g/mol. The van der Waals surface area contributed by atoms with E-state index in [9.17, 15) is 13.2 Å². The molecule has 2 aromatic carbocycles. The number of hydroxylamine groups is 1. The van der Waals surface area contributed by atoms with Crippen LogP contribution in [0.25, 0.3) is 5.69 Å². The minimum Gasteiger partial charge on any atom is -0.423 e. The highest BCUT2D eigenvalue weighted by atomic mass is 32.2. The van der Waals surface area contributed by atoms with Gasteiger partial charge >= 0.3 is 5.97 Å². The molecule has 0 saturated heterocycles. The van der Waals surface area contributed by atoms with E-state index in [0.717, 1.165) is 0 Å². The summed E-state index contributed by atoms with van der Waals surface area (Å²) in [5, 5.41) is 10.8. The zero-order valence-electron chi connectivity index (χ0n) is 14.4. The lowest BCUT2D eigenvalue weighted by molar-refractivity contribution is -0.0258. The quantitative estimate of drug-likeness (QED) is 0.349. The molecule has 0 radical (unpaired) electrons. The second kappa shape index (κ2) is 7.61. The molecule has 3 aromatic rings. The van der Waals surface area contributed by atoms with Crippen molar-refractivity contribution in [1.82, 2.24) is 24.7 Å². The Bertz CT molecular complexity index is 1040. The summed E-state index contributed by atoms with van der Waals surface area (Å²) in [6, 6.07) is 12.0. The maximum Gasteiger partial charge on any atom is 0.343 e. The first-order chi connectivity index (χ1) is 12.9. The largest absolute Gasteiger partial charge is 0.423 e. The van der Waals surface area contributed by atoms with Gasteiger partial charge in [-0.3, -0.25) is 4.84 Å². The highest BCUT2D eigenvalue weighted by Gasteiger charge is 2.22. The van der Waals surface area contributed by atoms with Crippen molar-refractivity contribution in [3.8, 4) is 11.4 Å². The predicted octanol–water partition coefficient (Wildman–Crippen LogP) is 1.06. The van der Waals surface area contributed by atoms with E-state index in [1.54, 1.807) is 24.3 Å².